The van der Waals surface area contributed by atoms with Gasteiger partial charge in [-0.15, -0.1) is 0 Å². The summed E-state index contributed by atoms with van der Waals surface area (Å²) >= 11 is 0. The zero-order valence-corrected chi connectivity index (χ0v) is 9.83. The highest BCUT2D eigenvalue weighted by Crippen LogP contribution is 2.25. The highest BCUT2D eigenvalue weighted by atomic mass is 16.4. The molecule has 0 aliphatic heterocycles. The Morgan fingerprint density at radius 2 is 2.00 bits per heavy atom. The first-order valence-corrected chi connectivity index (χ1v) is 5.67. The van der Waals surface area contributed by atoms with Gasteiger partial charge in [0.05, 0.1) is 11.1 Å². The van der Waals surface area contributed by atoms with Crippen molar-refractivity contribution in [1.82, 2.24) is 4.98 Å². The van der Waals surface area contributed by atoms with Gasteiger partial charge in [0.15, 0.2) is 0 Å². The van der Waals surface area contributed by atoms with E-state index in [9.17, 15) is 10.1 Å². The lowest BCUT2D eigenvalue weighted by Gasteiger charge is -2.05. The molecule has 0 saturated carbocycles. The van der Waals surface area contributed by atoms with Crippen molar-refractivity contribution < 1.29 is 4.42 Å². The molecule has 0 bridgehead atoms. The molecule has 2 heterocycles. The Balaban J connectivity index is 2.47. The Bertz CT molecular complexity index is 845. The average molecular weight is 248 g/mol. The van der Waals surface area contributed by atoms with E-state index in [1.807, 2.05) is 0 Å². The van der Waals surface area contributed by atoms with Gasteiger partial charge >= 0.3 is 5.63 Å². The van der Waals surface area contributed by atoms with Gasteiger partial charge < -0.3 is 4.42 Å². The summed E-state index contributed by atoms with van der Waals surface area (Å²) < 4.78 is 5.26. The molecule has 1 aromatic carbocycles. The molecule has 0 amide bonds. The van der Waals surface area contributed by atoms with E-state index in [-0.39, 0.29) is 5.56 Å². The number of aromatic nitrogens is 1. The molecule has 3 rings (SSSR count). The van der Waals surface area contributed by atoms with E-state index in [1.165, 1.54) is 0 Å². The lowest BCUT2D eigenvalue weighted by atomic mass is 10.0. The third kappa shape index (κ3) is 1.78. The summed E-state index contributed by atoms with van der Waals surface area (Å²) in [4.78, 5) is 16.0. The van der Waals surface area contributed by atoms with Crippen LogP contribution < -0.4 is 5.63 Å². The number of para-hydroxylation sites is 1. The minimum atomic E-state index is -0.525. The Labute approximate surface area is 108 Å². The van der Waals surface area contributed by atoms with Crippen molar-refractivity contribution >= 4 is 11.0 Å². The van der Waals surface area contributed by atoms with Crippen molar-refractivity contribution in [2.45, 2.75) is 0 Å². The normalized spacial score (nSPS) is 10.3. The van der Waals surface area contributed by atoms with Crippen LogP contribution in [0.25, 0.3) is 22.1 Å². The lowest BCUT2D eigenvalue weighted by Crippen LogP contribution is -2.06. The van der Waals surface area contributed by atoms with Crippen LogP contribution in [0.15, 0.2) is 58.0 Å². The van der Waals surface area contributed by atoms with Gasteiger partial charge in [0.25, 0.3) is 0 Å². The summed E-state index contributed by atoms with van der Waals surface area (Å²) in [6.07, 6.45) is 3.15. The molecular formula is C15H8N2O2. The van der Waals surface area contributed by atoms with E-state index in [0.717, 1.165) is 0 Å². The molecule has 0 atom stereocenters. The lowest BCUT2D eigenvalue weighted by molar-refractivity contribution is 0.563. The summed E-state index contributed by atoms with van der Waals surface area (Å²) in [6.45, 7) is 0. The molecule has 0 unspecified atom stereocenters. The third-order valence-electron chi connectivity index (χ3n) is 2.88. The summed E-state index contributed by atoms with van der Waals surface area (Å²) in [5.41, 5.74) is 1.05. The fraction of sp³-hybridized carbons (Fsp3) is 0. The Hall–Kier alpha value is -2.93. The van der Waals surface area contributed by atoms with Crippen molar-refractivity contribution in [3.05, 3.63) is 64.8 Å². The summed E-state index contributed by atoms with van der Waals surface area (Å²) in [7, 11) is 0. The fourth-order valence-electron chi connectivity index (χ4n) is 2.04. The smallest absolute Gasteiger partial charge is 0.345 e. The zero-order chi connectivity index (χ0) is 13.2. The van der Waals surface area contributed by atoms with Gasteiger partial charge in [-0.25, -0.2) is 4.79 Å². The Morgan fingerprint density at radius 3 is 2.74 bits per heavy atom. The van der Waals surface area contributed by atoms with Crippen molar-refractivity contribution in [2.24, 2.45) is 0 Å². The highest BCUT2D eigenvalue weighted by Gasteiger charge is 2.15. The van der Waals surface area contributed by atoms with Gasteiger partial charge in [-0.05, 0) is 18.2 Å². The van der Waals surface area contributed by atoms with Gasteiger partial charge in [0.2, 0.25) is 0 Å². The molecular weight excluding hydrogens is 240 g/mol. The van der Waals surface area contributed by atoms with Gasteiger partial charge in [-0.3, -0.25) is 4.98 Å². The van der Waals surface area contributed by atoms with E-state index in [0.29, 0.717) is 22.1 Å². The van der Waals surface area contributed by atoms with E-state index >= 15 is 0 Å². The molecule has 0 fully saturated rings. The molecule has 0 N–H and O–H groups in total. The topological polar surface area (TPSA) is 66.9 Å². The first kappa shape index (κ1) is 11.2. The predicted molar refractivity (Wildman–Crippen MR) is 70.4 cm³/mol. The van der Waals surface area contributed by atoms with E-state index in [1.54, 1.807) is 48.8 Å². The summed E-state index contributed by atoms with van der Waals surface area (Å²) in [5, 5.41) is 9.98. The number of nitriles is 1. The molecule has 19 heavy (non-hydrogen) atoms. The monoisotopic (exact) mass is 248 g/mol. The van der Waals surface area contributed by atoms with Gasteiger partial charge in [-0.1, -0.05) is 18.2 Å². The molecule has 4 nitrogen and oxygen atoms in total. The van der Waals surface area contributed by atoms with E-state index in [4.69, 9.17) is 4.42 Å². The number of hydrogen-bond donors (Lipinski definition) is 0. The molecule has 90 valence electrons. The molecule has 0 aliphatic carbocycles. The number of hydrogen-bond acceptors (Lipinski definition) is 4. The largest absolute Gasteiger partial charge is 0.422 e. The average Bonchev–Trinajstić information content (AvgIpc) is 2.46. The number of nitrogens with zero attached hydrogens (tertiary/aromatic N) is 2. The third-order valence-corrected chi connectivity index (χ3v) is 2.88. The minimum Gasteiger partial charge on any atom is -0.422 e. The maximum atomic E-state index is 12.1. The Kier molecular flexibility index (Phi) is 2.58. The van der Waals surface area contributed by atoms with Crippen molar-refractivity contribution in [1.29, 1.82) is 5.26 Å². The van der Waals surface area contributed by atoms with Gasteiger partial charge in [-0.2, -0.15) is 5.26 Å². The summed E-state index contributed by atoms with van der Waals surface area (Å²) in [5.74, 6) is 0. The Morgan fingerprint density at radius 1 is 1.16 bits per heavy atom. The minimum absolute atomic E-state index is 0.259. The second-order valence-electron chi connectivity index (χ2n) is 3.99. The quantitative estimate of drug-likeness (QED) is 0.621. The maximum Gasteiger partial charge on any atom is 0.345 e. The number of fused-ring (bicyclic) bond motifs is 1. The van der Waals surface area contributed by atoms with Gasteiger partial charge in [0, 0.05) is 23.3 Å². The fourth-order valence-corrected chi connectivity index (χ4v) is 2.04. The van der Waals surface area contributed by atoms with E-state index < -0.39 is 5.63 Å². The molecule has 0 radical (unpaired) electrons. The second-order valence-corrected chi connectivity index (χ2v) is 3.99. The number of rotatable bonds is 1. The molecule has 0 aliphatic rings. The molecule has 0 spiro atoms. The van der Waals surface area contributed by atoms with Crippen molar-refractivity contribution in [3.63, 3.8) is 0 Å². The molecule has 4 heteroatoms. The standard InChI is InChI=1S/C15H8N2O2/c16-8-12-11-5-1-2-6-13(11)19-15(18)14(12)10-4-3-7-17-9-10/h1-7,9H. The second kappa shape index (κ2) is 4.39. The van der Waals surface area contributed by atoms with Crippen LogP contribution in [-0.2, 0) is 0 Å². The van der Waals surface area contributed by atoms with Crippen LogP contribution in [0.5, 0.6) is 0 Å². The maximum absolute atomic E-state index is 12.1. The molecule has 0 saturated heterocycles. The zero-order valence-electron chi connectivity index (χ0n) is 9.83. The van der Waals surface area contributed by atoms with Crippen LogP contribution in [0.4, 0.5) is 0 Å². The van der Waals surface area contributed by atoms with Crippen LogP contribution in [0, 0.1) is 11.3 Å². The van der Waals surface area contributed by atoms with Crippen molar-refractivity contribution in [2.75, 3.05) is 0 Å². The van der Waals surface area contributed by atoms with E-state index in [2.05, 4.69) is 11.1 Å². The molecule has 3 aromatic rings. The van der Waals surface area contributed by atoms with Crippen LogP contribution in [0.2, 0.25) is 0 Å². The summed E-state index contributed by atoms with van der Waals surface area (Å²) in [6, 6.07) is 12.5. The van der Waals surface area contributed by atoms with Crippen LogP contribution >= 0.6 is 0 Å². The van der Waals surface area contributed by atoms with Crippen LogP contribution in [0.3, 0.4) is 0 Å². The predicted octanol–water partition coefficient (Wildman–Crippen LogP) is 2.73. The first-order chi connectivity index (χ1) is 9.31. The molecule has 2 aromatic heterocycles. The van der Waals surface area contributed by atoms with Crippen LogP contribution in [-0.4, -0.2) is 4.98 Å². The first-order valence-electron chi connectivity index (χ1n) is 5.67. The van der Waals surface area contributed by atoms with Crippen molar-refractivity contribution in [3.8, 4) is 17.2 Å². The van der Waals surface area contributed by atoms with Gasteiger partial charge in [0.1, 0.15) is 11.7 Å². The number of pyridine rings is 1. The van der Waals surface area contributed by atoms with Crippen LogP contribution in [0.1, 0.15) is 5.56 Å². The number of benzene rings is 1. The SMILES string of the molecule is N#Cc1c(-c2cccnc2)c(=O)oc2ccccc12. The highest BCUT2D eigenvalue weighted by molar-refractivity contribution is 5.89.